The summed E-state index contributed by atoms with van der Waals surface area (Å²) in [7, 11) is 0. The van der Waals surface area contributed by atoms with E-state index in [4.69, 9.17) is 4.74 Å². The number of para-hydroxylation sites is 1. The Balaban J connectivity index is 2.16. The van der Waals surface area contributed by atoms with Gasteiger partial charge in [0.15, 0.2) is 0 Å². The van der Waals surface area contributed by atoms with Gasteiger partial charge in [0, 0.05) is 12.6 Å². The SMILES string of the molecule is CCC(C)NC(=O)C(C)NCCOc1ccccc1. The molecule has 19 heavy (non-hydrogen) atoms. The van der Waals surface area contributed by atoms with Gasteiger partial charge in [-0.3, -0.25) is 4.79 Å². The van der Waals surface area contributed by atoms with Crippen LogP contribution >= 0.6 is 0 Å². The maximum absolute atomic E-state index is 11.8. The van der Waals surface area contributed by atoms with Gasteiger partial charge in [0.2, 0.25) is 5.91 Å². The fourth-order valence-electron chi connectivity index (χ4n) is 1.52. The summed E-state index contributed by atoms with van der Waals surface area (Å²) >= 11 is 0. The van der Waals surface area contributed by atoms with Gasteiger partial charge in [-0.25, -0.2) is 0 Å². The lowest BCUT2D eigenvalue weighted by atomic mass is 10.2. The normalized spacial score (nSPS) is 13.6. The molecule has 0 radical (unpaired) electrons. The molecule has 0 aliphatic carbocycles. The first kappa shape index (κ1) is 15.5. The Morgan fingerprint density at radius 1 is 1.26 bits per heavy atom. The second-order valence-electron chi connectivity index (χ2n) is 4.66. The summed E-state index contributed by atoms with van der Waals surface area (Å²) in [4.78, 5) is 11.8. The minimum Gasteiger partial charge on any atom is -0.492 e. The minimum absolute atomic E-state index is 0.0362. The second kappa shape index (κ2) is 8.53. The third-order valence-electron chi connectivity index (χ3n) is 2.96. The van der Waals surface area contributed by atoms with E-state index in [2.05, 4.69) is 17.6 Å². The zero-order valence-electron chi connectivity index (χ0n) is 12.0. The number of rotatable bonds is 8. The van der Waals surface area contributed by atoms with E-state index in [1.54, 1.807) is 0 Å². The zero-order valence-corrected chi connectivity index (χ0v) is 12.0. The van der Waals surface area contributed by atoms with Crippen LogP contribution in [-0.2, 0) is 4.79 Å². The van der Waals surface area contributed by atoms with Crippen LogP contribution in [0.25, 0.3) is 0 Å². The molecule has 0 bridgehead atoms. The summed E-state index contributed by atoms with van der Waals surface area (Å²) in [5.41, 5.74) is 0. The van der Waals surface area contributed by atoms with E-state index in [0.717, 1.165) is 12.2 Å². The topological polar surface area (TPSA) is 50.4 Å². The Morgan fingerprint density at radius 2 is 1.95 bits per heavy atom. The molecule has 0 aliphatic rings. The second-order valence-corrected chi connectivity index (χ2v) is 4.66. The van der Waals surface area contributed by atoms with Crippen LogP contribution in [0.1, 0.15) is 27.2 Å². The molecule has 0 saturated heterocycles. The molecule has 0 aliphatic heterocycles. The van der Waals surface area contributed by atoms with Gasteiger partial charge in [0.25, 0.3) is 0 Å². The fourth-order valence-corrected chi connectivity index (χ4v) is 1.52. The first-order valence-electron chi connectivity index (χ1n) is 6.85. The van der Waals surface area contributed by atoms with Crippen LogP contribution in [0.5, 0.6) is 5.75 Å². The van der Waals surface area contributed by atoms with Crippen LogP contribution in [0.15, 0.2) is 30.3 Å². The molecule has 106 valence electrons. The summed E-state index contributed by atoms with van der Waals surface area (Å²) < 4.78 is 5.54. The summed E-state index contributed by atoms with van der Waals surface area (Å²) in [5, 5.41) is 6.09. The molecule has 0 fully saturated rings. The van der Waals surface area contributed by atoms with Crippen molar-refractivity contribution in [2.24, 2.45) is 0 Å². The van der Waals surface area contributed by atoms with Crippen molar-refractivity contribution in [2.75, 3.05) is 13.2 Å². The van der Waals surface area contributed by atoms with Crippen molar-refractivity contribution < 1.29 is 9.53 Å². The summed E-state index contributed by atoms with van der Waals surface area (Å²) in [6, 6.07) is 9.67. The Morgan fingerprint density at radius 3 is 2.58 bits per heavy atom. The molecule has 2 N–H and O–H groups in total. The molecule has 0 saturated carbocycles. The van der Waals surface area contributed by atoms with Gasteiger partial charge < -0.3 is 15.4 Å². The lowest BCUT2D eigenvalue weighted by Crippen LogP contribution is -2.46. The Hall–Kier alpha value is -1.55. The van der Waals surface area contributed by atoms with Gasteiger partial charge in [0.05, 0.1) is 6.04 Å². The first-order valence-corrected chi connectivity index (χ1v) is 6.85. The molecule has 4 nitrogen and oxygen atoms in total. The monoisotopic (exact) mass is 264 g/mol. The Kier molecular flexibility index (Phi) is 6.97. The molecule has 2 unspecified atom stereocenters. The van der Waals surface area contributed by atoms with E-state index in [0.29, 0.717) is 13.2 Å². The molecule has 2 atom stereocenters. The molecular weight excluding hydrogens is 240 g/mol. The van der Waals surface area contributed by atoms with E-state index >= 15 is 0 Å². The summed E-state index contributed by atoms with van der Waals surface area (Å²) in [6.07, 6.45) is 0.940. The number of carbonyl (C=O) groups excluding carboxylic acids is 1. The van der Waals surface area contributed by atoms with Crippen molar-refractivity contribution >= 4 is 5.91 Å². The van der Waals surface area contributed by atoms with Gasteiger partial charge in [-0.1, -0.05) is 25.1 Å². The minimum atomic E-state index is -0.201. The lowest BCUT2D eigenvalue weighted by molar-refractivity contribution is -0.123. The largest absolute Gasteiger partial charge is 0.492 e. The average molecular weight is 264 g/mol. The standard InChI is InChI=1S/C15H24N2O2/c1-4-12(2)17-15(18)13(3)16-10-11-19-14-8-6-5-7-9-14/h5-9,12-13,16H,4,10-11H2,1-3H3,(H,17,18). The molecule has 1 aromatic carbocycles. The van der Waals surface area contributed by atoms with Crippen molar-refractivity contribution in [3.8, 4) is 5.75 Å². The quantitative estimate of drug-likeness (QED) is 0.706. The maximum atomic E-state index is 11.8. The Labute approximate surface area is 115 Å². The summed E-state index contributed by atoms with van der Waals surface area (Å²) in [5.74, 6) is 0.884. The van der Waals surface area contributed by atoms with Gasteiger partial charge in [0.1, 0.15) is 12.4 Å². The number of nitrogens with one attached hydrogen (secondary N) is 2. The molecule has 1 amide bonds. The summed E-state index contributed by atoms with van der Waals surface area (Å²) in [6.45, 7) is 7.11. The van der Waals surface area contributed by atoms with E-state index in [1.807, 2.05) is 44.2 Å². The number of hydrogen-bond donors (Lipinski definition) is 2. The molecule has 1 aromatic rings. The van der Waals surface area contributed by atoms with E-state index in [-0.39, 0.29) is 18.0 Å². The smallest absolute Gasteiger partial charge is 0.237 e. The third-order valence-corrected chi connectivity index (χ3v) is 2.96. The molecule has 0 heterocycles. The van der Waals surface area contributed by atoms with Crippen LogP contribution in [-0.4, -0.2) is 31.1 Å². The average Bonchev–Trinajstić information content (AvgIpc) is 2.44. The van der Waals surface area contributed by atoms with Crippen molar-refractivity contribution in [3.05, 3.63) is 30.3 Å². The highest BCUT2D eigenvalue weighted by Gasteiger charge is 2.13. The van der Waals surface area contributed by atoms with Crippen LogP contribution in [0.2, 0.25) is 0 Å². The Bertz CT molecular complexity index is 368. The molecule has 1 rings (SSSR count). The number of hydrogen-bond acceptors (Lipinski definition) is 3. The number of amides is 1. The van der Waals surface area contributed by atoms with E-state index in [9.17, 15) is 4.79 Å². The van der Waals surface area contributed by atoms with Gasteiger partial charge >= 0.3 is 0 Å². The number of carbonyl (C=O) groups is 1. The lowest BCUT2D eigenvalue weighted by Gasteiger charge is -2.17. The molecule has 0 aromatic heterocycles. The van der Waals surface area contributed by atoms with Gasteiger partial charge in [-0.2, -0.15) is 0 Å². The number of benzene rings is 1. The highest BCUT2D eigenvalue weighted by molar-refractivity contribution is 5.81. The maximum Gasteiger partial charge on any atom is 0.237 e. The first-order chi connectivity index (χ1) is 9.13. The molecule has 4 heteroatoms. The van der Waals surface area contributed by atoms with Crippen molar-refractivity contribution in [1.29, 1.82) is 0 Å². The van der Waals surface area contributed by atoms with Crippen molar-refractivity contribution in [3.63, 3.8) is 0 Å². The predicted molar refractivity (Wildman–Crippen MR) is 77.3 cm³/mol. The highest BCUT2D eigenvalue weighted by atomic mass is 16.5. The number of ether oxygens (including phenoxy) is 1. The van der Waals surface area contributed by atoms with Crippen LogP contribution in [0.3, 0.4) is 0 Å². The zero-order chi connectivity index (χ0) is 14.1. The van der Waals surface area contributed by atoms with Gasteiger partial charge in [-0.15, -0.1) is 0 Å². The van der Waals surface area contributed by atoms with E-state index < -0.39 is 0 Å². The van der Waals surface area contributed by atoms with Crippen LogP contribution < -0.4 is 15.4 Å². The van der Waals surface area contributed by atoms with Crippen LogP contribution in [0.4, 0.5) is 0 Å². The predicted octanol–water partition coefficient (Wildman–Crippen LogP) is 1.96. The molecule has 0 spiro atoms. The van der Waals surface area contributed by atoms with Gasteiger partial charge in [-0.05, 0) is 32.4 Å². The third kappa shape index (κ3) is 6.25. The van der Waals surface area contributed by atoms with Crippen molar-refractivity contribution in [1.82, 2.24) is 10.6 Å². The van der Waals surface area contributed by atoms with E-state index in [1.165, 1.54) is 0 Å². The highest BCUT2D eigenvalue weighted by Crippen LogP contribution is 2.07. The van der Waals surface area contributed by atoms with Crippen molar-refractivity contribution in [2.45, 2.75) is 39.3 Å². The van der Waals surface area contributed by atoms with Crippen LogP contribution in [0, 0.1) is 0 Å². The molecular formula is C15H24N2O2. The fraction of sp³-hybridized carbons (Fsp3) is 0.533.